The van der Waals surface area contributed by atoms with Crippen molar-refractivity contribution in [3.8, 4) is 16.8 Å². The van der Waals surface area contributed by atoms with Crippen molar-refractivity contribution in [3.63, 3.8) is 0 Å². The van der Waals surface area contributed by atoms with Gasteiger partial charge in [0.25, 0.3) is 0 Å². The van der Waals surface area contributed by atoms with Crippen molar-refractivity contribution in [1.29, 1.82) is 0 Å². The van der Waals surface area contributed by atoms with E-state index >= 15 is 0 Å². The van der Waals surface area contributed by atoms with E-state index < -0.39 is 5.41 Å². The van der Waals surface area contributed by atoms with Gasteiger partial charge in [0.1, 0.15) is 5.84 Å². The number of amidine groups is 1. The van der Waals surface area contributed by atoms with Crippen LogP contribution in [-0.4, -0.2) is 10.4 Å². The van der Waals surface area contributed by atoms with Gasteiger partial charge in [-0.2, -0.15) is 0 Å². The maximum Gasteiger partial charge on any atom is 0.154 e. The van der Waals surface area contributed by atoms with Crippen LogP contribution in [0.3, 0.4) is 0 Å². The highest BCUT2D eigenvalue weighted by Crippen LogP contribution is 2.58. The fourth-order valence-electron chi connectivity index (χ4n) is 9.36. The number of anilines is 1. The van der Waals surface area contributed by atoms with E-state index in [1.54, 1.807) is 0 Å². The number of hydrogen-bond donors (Lipinski definition) is 0. The molecule has 1 aliphatic heterocycles. The normalized spacial score (nSPS) is 18.6. The van der Waals surface area contributed by atoms with Gasteiger partial charge in [0.2, 0.25) is 0 Å². The van der Waals surface area contributed by atoms with Crippen LogP contribution < -0.4 is 4.90 Å². The summed E-state index contributed by atoms with van der Waals surface area (Å²) >= 11 is 0. The SMILES string of the molecule is C1=CC(C2(c3ccccc3)c3ccccc3-c3cc4c(cc32)c2ccccc2n4-c2ccc(N3C(c4ccccc4)=NC3c3ccccc3)cc2)=CCC1. The molecule has 2 atom stereocenters. The molecule has 3 nitrogen and oxygen atoms in total. The highest BCUT2D eigenvalue weighted by molar-refractivity contribution is 6.14. The molecular weight excluding hydrogens is 655 g/mol. The minimum Gasteiger partial charge on any atom is -0.309 e. The third kappa shape index (κ3) is 4.45. The van der Waals surface area contributed by atoms with E-state index in [2.05, 4.69) is 204 Å². The molecule has 0 bridgehead atoms. The first kappa shape index (κ1) is 30.9. The number of aliphatic imine (C=N–C) groups is 1. The number of hydrogen-bond acceptors (Lipinski definition) is 2. The molecule has 8 aromatic rings. The molecule has 3 heteroatoms. The number of rotatable bonds is 6. The first-order valence-electron chi connectivity index (χ1n) is 19.0. The lowest BCUT2D eigenvalue weighted by Gasteiger charge is -2.40. The smallest absolute Gasteiger partial charge is 0.154 e. The Bertz CT molecular complexity index is 2810. The summed E-state index contributed by atoms with van der Waals surface area (Å²) in [6, 6.07) is 64.3. The van der Waals surface area contributed by atoms with E-state index in [0.717, 1.165) is 35.6 Å². The average molecular weight is 692 g/mol. The molecule has 11 rings (SSSR count). The second-order valence-corrected chi connectivity index (χ2v) is 14.6. The van der Waals surface area contributed by atoms with E-state index in [1.807, 2.05) is 0 Å². The summed E-state index contributed by atoms with van der Waals surface area (Å²) in [4.78, 5) is 7.48. The second-order valence-electron chi connectivity index (χ2n) is 14.6. The van der Waals surface area contributed by atoms with Gasteiger partial charge in [-0.1, -0.05) is 152 Å². The van der Waals surface area contributed by atoms with Crippen molar-refractivity contribution in [3.05, 3.63) is 228 Å². The van der Waals surface area contributed by atoms with Crippen molar-refractivity contribution in [2.24, 2.45) is 4.99 Å². The number of fused-ring (bicyclic) bond motifs is 6. The number of allylic oxidation sites excluding steroid dienone is 4. The highest BCUT2D eigenvalue weighted by atomic mass is 15.4. The molecule has 54 heavy (non-hydrogen) atoms. The third-order valence-electron chi connectivity index (χ3n) is 11.7. The van der Waals surface area contributed by atoms with Crippen molar-refractivity contribution in [2.75, 3.05) is 4.90 Å². The van der Waals surface area contributed by atoms with Crippen molar-refractivity contribution >= 4 is 33.3 Å². The Balaban J connectivity index is 1.10. The molecule has 2 unspecified atom stereocenters. The first-order valence-corrected chi connectivity index (χ1v) is 19.0. The van der Waals surface area contributed by atoms with E-state index in [4.69, 9.17) is 4.99 Å². The van der Waals surface area contributed by atoms with Crippen LogP contribution in [0.15, 0.2) is 205 Å². The Morgan fingerprint density at radius 2 is 1.22 bits per heavy atom. The standard InChI is InChI=1S/C51H37N3/c1-5-17-35(18-6-1)49-52-50(36-19-7-2-8-20-36)54(49)40-31-29-39(30-32-40)53-47-28-16-14-26-42(47)44-33-46-43(34-48(44)53)41-25-13-15-27-45(41)51(46,37-21-9-3-10-22-37)38-23-11-4-12-24-38/h1-3,5-11,13-34,49H,4,12H2. The van der Waals surface area contributed by atoms with E-state index in [0.29, 0.717) is 0 Å². The fourth-order valence-corrected chi connectivity index (χ4v) is 9.36. The zero-order chi connectivity index (χ0) is 35.6. The molecule has 0 amide bonds. The van der Waals surface area contributed by atoms with Gasteiger partial charge in [-0.3, -0.25) is 4.90 Å². The predicted octanol–water partition coefficient (Wildman–Crippen LogP) is 12.3. The molecule has 256 valence electrons. The maximum absolute atomic E-state index is 5.12. The zero-order valence-corrected chi connectivity index (χ0v) is 29.8. The van der Waals surface area contributed by atoms with E-state index in [1.165, 1.54) is 60.8 Å². The van der Waals surface area contributed by atoms with Crippen LogP contribution in [0, 0.1) is 0 Å². The monoisotopic (exact) mass is 691 g/mol. The lowest BCUT2D eigenvalue weighted by molar-refractivity contribution is 0.690. The summed E-state index contributed by atoms with van der Waals surface area (Å²) < 4.78 is 2.45. The van der Waals surface area contributed by atoms with Gasteiger partial charge in [-0.15, -0.1) is 0 Å². The van der Waals surface area contributed by atoms with Crippen molar-refractivity contribution in [2.45, 2.75) is 24.4 Å². The number of nitrogens with zero attached hydrogens (tertiary/aromatic N) is 3. The molecule has 1 aromatic heterocycles. The van der Waals surface area contributed by atoms with Crippen LogP contribution in [-0.2, 0) is 5.41 Å². The summed E-state index contributed by atoms with van der Waals surface area (Å²) in [5, 5.41) is 2.53. The molecule has 0 saturated carbocycles. The van der Waals surface area contributed by atoms with Gasteiger partial charge in [0, 0.05) is 27.7 Å². The molecule has 0 saturated heterocycles. The largest absolute Gasteiger partial charge is 0.309 e. The van der Waals surface area contributed by atoms with E-state index in [9.17, 15) is 0 Å². The minimum atomic E-state index is -0.395. The van der Waals surface area contributed by atoms with Crippen molar-refractivity contribution in [1.82, 2.24) is 4.57 Å². The Labute approximate surface area is 315 Å². The van der Waals surface area contributed by atoms with Gasteiger partial charge < -0.3 is 4.57 Å². The molecule has 0 radical (unpaired) electrons. The molecule has 0 spiro atoms. The average Bonchev–Trinajstić information content (AvgIpc) is 3.71. The fraction of sp³-hybridized carbons (Fsp3) is 0.0784. The number of para-hydroxylation sites is 1. The Hall–Kier alpha value is -6.71. The Kier molecular flexibility index (Phi) is 6.96. The lowest BCUT2D eigenvalue weighted by Crippen LogP contribution is -2.43. The predicted molar refractivity (Wildman–Crippen MR) is 224 cm³/mol. The third-order valence-corrected chi connectivity index (χ3v) is 11.7. The van der Waals surface area contributed by atoms with Crippen LogP contribution in [0.4, 0.5) is 5.69 Å². The molecule has 3 aliphatic rings. The first-order chi connectivity index (χ1) is 26.8. The van der Waals surface area contributed by atoms with Gasteiger partial charge in [0.05, 0.1) is 16.4 Å². The summed E-state index contributed by atoms with van der Waals surface area (Å²) in [5.74, 6) is 0.994. The lowest BCUT2D eigenvalue weighted by atomic mass is 9.66. The molecule has 0 N–H and O–H groups in total. The van der Waals surface area contributed by atoms with Crippen LogP contribution >= 0.6 is 0 Å². The van der Waals surface area contributed by atoms with Crippen LogP contribution in [0.1, 0.15) is 46.8 Å². The second kappa shape index (κ2) is 12.2. The summed E-state index contributed by atoms with van der Waals surface area (Å²) in [7, 11) is 0. The minimum absolute atomic E-state index is 0.0674. The van der Waals surface area contributed by atoms with Gasteiger partial charge in [-0.05, 0) is 94.3 Å². The number of benzene rings is 7. The molecule has 2 heterocycles. The number of aromatic nitrogens is 1. The van der Waals surface area contributed by atoms with Gasteiger partial charge >= 0.3 is 0 Å². The van der Waals surface area contributed by atoms with Crippen LogP contribution in [0.5, 0.6) is 0 Å². The highest BCUT2D eigenvalue weighted by Gasteiger charge is 2.47. The summed E-state index contributed by atoms with van der Waals surface area (Å²) in [5.41, 5.74) is 14.6. The van der Waals surface area contributed by atoms with Gasteiger partial charge in [-0.25, -0.2) is 4.99 Å². The summed E-state index contributed by atoms with van der Waals surface area (Å²) in [6.07, 6.45) is 9.28. The maximum atomic E-state index is 5.12. The Morgan fingerprint density at radius 3 is 2.00 bits per heavy atom. The quantitative estimate of drug-likeness (QED) is 0.170. The topological polar surface area (TPSA) is 20.5 Å². The summed E-state index contributed by atoms with van der Waals surface area (Å²) in [6.45, 7) is 0. The van der Waals surface area contributed by atoms with Gasteiger partial charge in [0.15, 0.2) is 6.17 Å². The molecular formula is C51H37N3. The van der Waals surface area contributed by atoms with Crippen LogP contribution in [0.2, 0.25) is 0 Å². The van der Waals surface area contributed by atoms with Crippen molar-refractivity contribution < 1.29 is 0 Å². The molecule has 2 aliphatic carbocycles. The molecule has 7 aromatic carbocycles. The zero-order valence-electron chi connectivity index (χ0n) is 29.8. The Morgan fingerprint density at radius 1 is 0.537 bits per heavy atom. The van der Waals surface area contributed by atoms with Crippen LogP contribution in [0.25, 0.3) is 38.6 Å². The van der Waals surface area contributed by atoms with E-state index in [-0.39, 0.29) is 6.17 Å². The molecule has 0 fully saturated rings.